The maximum Gasteiger partial charge on any atom is 0.274 e. The van der Waals surface area contributed by atoms with Crippen LogP contribution in [0.4, 0.5) is 0 Å². The summed E-state index contributed by atoms with van der Waals surface area (Å²) in [5.41, 5.74) is 0.295. The van der Waals surface area contributed by atoms with Gasteiger partial charge in [0.1, 0.15) is 5.82 Å². The molecule has 5 nitrogen and oxygen atoms in total. The predicted octanol–water partition coefficient (Wildman–Crippen LogP) is 2.91. The van der Waals surface area contributed by atoms with Gasteiger partial charge in [-0.3, -0.25) is 4.79 Å². The highest BCUT2D eigenvalue weighted by Crippen LogP contribution is 2.29. The number of likely N-dealkylation sites (tertiary alicyclic amines) is 1. The SMILES string of the molecule is Cc1ncc(Cl)c(C(=O)N2CCCC(c3nccs3)C2)n1. The van der Waals surface area contributed by atoms with Crippen LogP contribution in [0.5, 0.6) is 0 Å². The highest BCUT2D eigenvalue weighted by atomic mass is 35.5. The van der Waals surface area contributed by atoms with E-state index in [1.165, 1.54) is 6.20 Å². The third-order valence-electron chi connectivity index (χ3n) is 3.58. The summed E-state index contributed by atoms with van der Waals surface area (Å²) >= 11 is 7.71. The summed E-state index contributed by atoms with van der Waals surface area (Å²) in [6.07, 6.45) is 5.33. The Balaban J connectivity index is 1.79. The van der Waals surface area contributed by atoms with Gasteiger partial charge in [-0.15, -0.1) is 11.3 Å². The number of carbonyl (C=O) groups is 1. The predicted molar refractivity (Wildman–Crippen MR) is 81.8 cm³/mol. The Morgan fingerprint density at radius 3 is 3.10 bits per heavy atom. The Bertz CT molecular complexity index is 646. The highest BCUT2D eigenvalue weighted by Gasteiger charge is 2.28. The molecule has 1 aliphatic heterocycles. The van der Waals surface area contributed by atoms with Gasteiger partial charge in [0.15, 0.2) is 5.69 Å². The zero-order chi connectivity index (χ0) is 14.8. The van der Waals surface area contributed by atoms with Crippen LogP contribution >= 0.6 is 22.9 Å². The third kappa shape index (κ3) is 3.06. The van der Waals surface area contributed by atoms with E-state index in [2.05, 4.69) is 15.0 Å². The van der Waals surface area contributed by atoms with Gasteiger partial charge in [-0.25, -0.2) is 15.0 Å². The molecule has 1 aliphatic rings. The van der Waals surface area contributed by atoms with E-state index in [-0.39, 0.29) is 5.91 Å². The number of aromatic nitrogens is 3. The molecule has 110 valence electrons. The van der Waals surface area contributed by atoms with Crippen molar-refractivity contribution < 1.29 is 4.79 Å². The minimum Gasteiger partial charge on any atom is -0.337 e. The first-order chi connectivity index (χ1) is 10.1. The second-order valence-corrected chi connectivity index (χ2v) is 6.41. The molecule has 1 saturated heterocycles. The normalized spacial score (nSPS) is 18.8. The van der Waals surface area contributed by atoms with E-state index in [1.807, 2.05) is 16.5 Å². The van der Waals surface area contributed by atoms with Gasteiger partial charge in [-0.1, -0.05) is 11.6 Å². The molecule has 3 rings (SSSR count). The number of hydrogen-bond acceptors (Lipinski definition) is 5. The molecule has 7 heteroatoms. The number of aryl methyl sites for hydroxylation is 1. The number of nitrogens with zero attached hydrogens (tertiary/aromatic N) is 4. The van der Waals surface area contributed by atoms with Gasteiger partial charge in [-0.2, -0.15) is 0 Å². The van der Waals surface area contributed by atoms with Crippen LogP contribution in [-0.4, -0.2) is 38.8 Å². The molecule has 1 atom stereocenters. The fraction of sp³-hybridized carbons (Fsp3) is 0.429. The van der Waals surface area contributed by atoms with E-state index in [9.17, 15) is 4.79 Å². The smallest absolute Gasteiger partial charge is 0.274 e. The minimum absolute atomic E-state index is 0.119. The Morgan fingerprint density at radius 2 is 2.33 bits per heavy atom. The zero-order valence-electron chi connectivity index (χ0n) is 11.6. The lowest BCUT2D eigenvalue weighted by atomic mass is 9.98. The van der Waals surface area contributed by atoms with Crippen molar-refractivity contribution >= 4 is 28.8 Å². The molecule has 2 aromatic rings. The van der Waals surface area contributed by atoms with E-state index < -0.39 is 0 Å². The second kappa shape index (κ2) is 6.07. The van der Waals surface area contributed by atoms with Crippen LogP contribution in [0.25, 0.3) is 0 Å². The van der Waals surface area contributed by atoms with Gasteiger partial charge in [0.2, 0.25) is 0 Å². The molecule has 0 bridgehead atoms. The van der Waals surface area contributed by atoms with E-state index in [1.54, 1.807) is 18.3 Å². The zero-order valence-corrected chi connectivity index (χ0v) is 13.2. The second-order valence-electron chi connectivity index (χ2n) is 5.07. The number of rotatable bonds is 2. The van der Waals surface area contributed by atoms with Crippen LogP contribution in [0.1, 0.15) is 40.1 Å². The molecule has 21 heavy (non-hydrogen) atoms. The van der Waals surface area contributed by atoms with Gasteiger partial charge in [0, 0.05) is 30.6 Å². The van der Waals surface area contributed by atoms with Crippen molar-refractivity contribution in [1.29, 1.82) is 0 Å². The average Bonchev–Trinajstić information content (AvgIpc) is 3.03. The number of piperidine rings is 1. The fourth-order valence-corrected chi connectivity index (χ4v) is 3.49. The lowest BCUT2D eigenvalue weighted by molar-refractivity contribution is 0.0701. The van der Waals surface area contributed by atoms with Crippen molar-refractivity contribution in [2.24, 2.45) is 0 Å². The molecule has 1 fully saturated rings. The molecule has 0 saturated carbocycles. The first-order valence-corrected chi connectivity index (χ1v) is 8.08. The fourth-order valence-electron chi connectivity index (χ4n) is 2.55. The number of halogens is 1. The molecule has 0 spiro atoms. The van der Waals surface area contributed by atoms with E-state index in [4.69, 9.17) is 11.6 Å². The Morgan fingerprint density at radius 1 is 1.48 bits per heavy atom. The van der Waals surface area contributed by atoms with Crippen molar-refractivity contribution in [3.63, 3.8) is 0 Å². The quantitative estimate of drug-likeness (QED) is 0.853. The van der Waals surface area contributed by atoms with Crippen molar-refractivity contribution in [2.75, 3.05) is 13.1 Å². The summed E-state index contributed by atoms with van der Waals surface area (Å²) in [6, 6.07) is 0. The first kappa shape index (κ1) is 14.4. The van der Waals surface area contributed by atoms with Crippen molar-refractivity contribution in [3.8, 4) is 0 Å². The monoisotopic (exact) mass is 322 g/mol. The molecule has 0 aromatic carbocycles. The van der Waals surface area contributed by atoms with Gasteiger partial charge in [0.05, 0.1) is 16.2 Å². The first-order valence-electron chi connectivity index (χ1n) is 6.83. The van der Waals surface area contributed by atoms with E-state index in [0.717, 1.165) is 24.4 Å². The number of carbonyl (C=O) groups excluding carboxylic acids is 1. The van der Waals surface area contributed by atoms with E-state index in [0.29, 0.717) is 29.0 Å². The van der Waals surface area contributed by atoms with Crippen molar-refractivity contribution in [3.05, 3.63) is 39.3 Å². The summed E-state index contributed by atoms with van der Waals surface area (Å²) in [4.78, 5) is 27.0. The van der Waals surface area contributed by atoms with Gasteiger partial charge in [0.25, 0.3) is 5.91 Å². The molecular weight excluding hydrogens is 308 g/mol. The number of hydrogen-bond donors (Lipinski definition) is 0. The molecule has 0 N–H and O–H groups in total. The maximum atomic E-state index is 12.6. The Hall–Kier alpha value is -1.53. The van der Waals surface area contributed by atoms with Crippen LogP contribution in [0.3, 0.4) is 0 Å². The highest BCUT2D eigenvalue weighted by molar-refractivity contribution is 7.09. The molecule has 3 heterocycles. The summed E-state index contributed by atoms with van der Waals surface area (Å²) in [7, 11) is 0. The van der Waals surface area contributed by atoms with Crippen LogP contribution in [0.2, 0.25) is 5.02 Å². The van der Waals surface area contributed by atoms with Gasteiger partial charge < -0.3 is 4.90 Å². The summed E-state index contributed by atoms with van der Waals surface area (Å²) in [5, 5.41) is 3.38. The van der Waals surface area contributed by atoms with E-state index >= 15 is 0 Å². The number of amides is 1. The Labute approximate surface area is 132 Å². The summed E-state index contributed by atoms with van der Waals surface area (Å²) in [5.74, 6) is 0.743. The molecule has 1 amide bonds. The Kier molecular flexibility index (Phi) is 4.17. The molecule has 2 aromatic heterocycles. The van der Waals surface area contributed by atoms with Crippen molar-refractivity contribution in [2.45, 2.75) is 25.7 Å². The van der Waals surface area contributed by atoms with Crippen molar-refractivity contribution in [1.82, 2.24) is 19.9 Å². The lowest BCUT2D eigenvalue weighted by Crippen LogP contribution is -2.39. The standard InChI is InChI=1S/C14H15ClN4OS/c1-9-17-7-11(15)12(18-9)14(20)19-5-2-3-10(8-19)13-16-4-6-21-13/h4,6-7,10H,2-3,5,8H2,1H3. The van der Waals surface area contributed by atoms with Crippen LogP contribution in [-0.2, 0) is 0 Å². The van der Waals surface area contributed by atoms with Crippen LogP contribution in [0, 0.1) is 6.92 Å². The third-order valence-corrected chi connectivity index (χ3v) is 4.79. The maximum absolute atomic E-state index is 12.6. The topological polar surface area (TPSA) is 59.0 Å². The summed E-state index contributed by atoms with van der Waals surface area (Å²) < 4.78 is 0. The average molecular weight is 323 g/mol. The molecular formula is C14H15ClN4OS. The lowest BCUT2D eigenvalue weighted by Gasteiger charge is -2.31. The van der Waals surface area contributed by atoms with Crippen LogP contribution in [0.15, 0.2) is 17.8 Å². The summed E-state index contributed by atoms with van der Waals surface area (Å²) in [6.45, 7) is 3.16. The molecule has 0 radical (unpaired) electrons. The molecule has 1 unspecified atom stereocenters. The van der Waals surface area contributed by atoms with Gasteiger partial charge in [-0.05, 0) is 19.8 Å². The molecule has 0 aliphatic carbocycles. The van der Waals surface area contributed by atoms with Crippen LogP contribution < -0.4 is 0 Å². The largest absolute Gasteiger partial charge is 0.337 e. The van der Waals surface area contributed by atoms with Gasteiger partial charge >= 0.3 is 0 Å². The number of thiazole rings is 1. The minimum atomic E-state index is -0.119.